The molecule has 2 aromatic rings. The highest BCUT2D eigenvalue weighted by Gasteiger charge is 2.34. The maximum Gasteiger partial charge on any atom is 0.417 e. The molecule has 9 heteroatoms. The number of alkyl halides is 3. The highest BCUT2D eigenvalue weighted by Crippen LogP contribution is 2.32. The average molecular weight is 408 g/mol. The van der Waals surface area contributed by atoms with Gasteiger partial charge in [0.05, 0.1) is 35.5 Å². The summed E-state index contributed by atoms with van der Waals surface area (Å²) in [5, 5.41) is 4.91. The summed E-state index contributed by atoms with van der Waals surface area (Å²) in [5.41, 5.74) is -1.28. The van der Waals surface area contributed by atoms with Crippen LogP contribution in [-0.4, -0.2) is 24.4 Å². The smallest absolute Gasteiger partial charge is 0.417 e. The van der Waals surface area contributed by atoms with E-state index in [4.69, 9.17) is 4.74 Å². The molecule has 2 amide bonds. The first-order chi connectivity index (χ1) is 13.7. The van der Waals surface area contributed by atoms with Crippen molar-refractivity contribution in [3.05, 3.63) is 59.7 Å². The molecule has 154 valence electrons. The first-order valence-corrected chi connectivity index (χ1v) is 8.74. The SMILES string of the molecule is CCOC(=O)CCC(=O)Nc1ccccc1NC(=O)c1ccccc1C(F)(F)F. The maximum absolute atomic E-state index is 13.1. The van der Waals surface area contributed by atoms with Gasteiger partial charge in [-0.1, -0.05) is 24.3 Å². The summed E-state index contributed by atoms with van der Waals surface area (Å²) in [7, 11) is 0. The van der Waals surface area contributed by atoms with Crippen LogP contribution in [0.25, 0.3) is 0 Å². The van der Waals surface area contributed by atoms with E-state index in [2.05, 4.69) is 10.6 Å². The summed E-state index contributed by atoms with van der Waals surface area (Å²) in [5.74, 6) is -1.99. The standard InChI is InChI=1S/C20H19F3N2O4/c1-2-29-18(27)12-11-17(26)24-15-9-5-6-10-16(15)25-19(28)13-7-3-4-8-14(13)20(21,22)23/h3-10H,2,11-12H2,1H3,(H,24,26)(H,25,28). The summed E-state index contributed by atoms with van der Waals surface area (Å²) >= 11 is 0. The Hall–Kier alpha value is -3.36. The molecule has 0 aliphatic heterocycles. The topological polar surface area (TPSA) is 84.5 Å². The third kappa shape index (κ3) is 6.34. The van der Waals surface area contributed by atoms with Crippen molar-refractivity contribution in [3.63, 3.8) is 0 Å². The summed E-state index contributed by atoms with van der Waals surface area (Å²) in [6.45, 7) is 1.85. The van der Waals surface area contributed by atoms with Crippen molar-refractivity contribution >= 4 is 29.2 Å². The molecule has 2 aromatic carbocycles. The summed E-state index contributed by atoms with van der Waals surface area (Å²) in [4.78, 5) is 35.8. The number of halogens is 3. The molecule has 6 nitrogen and oxygen atoms in total. The Labute approximate surface area is 165 Å². The van der Waals surface area contributed by atoms with Gasteiger partial charge in [0.2, 0.25) is 5.91 Å². The molecule has 0 unspecified atom stereocenters. The lowest BCUT2D eigenvalue weighted by Gasteiger charge is -2.15. The van der Waals surface area contributed by atoms with Gasteiger partial charge in [-0.2, -0.15) is 13.2 Å². The molecule has 29 heavy (non-hydrogen) atoms. The van der Waals surface area contributed by atoms with E-state index in [1.54, 1.807) is 19.1 Å². The predicted molar refractivity (Wildman–Crippen MR) is 100 cm³/mol. The van der Waals surface area contributed by atoms with Crippen LogP contribution in [-0.2, 0) is 20.5 Å². The summed E-state index contributed by atoms with van der Waals surface area (Å²) in [6, 6.07) is 10.5. The fourth-order valence-corrected chi connectivity index (χ4v) is 2.48. The van der Waals surface area contributed by atoms with Crippen molar-refractivity contribution in [3.8, 4) is 0 Å². The lowest BCUT2D eigenvalue weighted by molar-refractivity contribution is -0.144. The van der Waals surface area contributed by atoms with Gasteiger partial charge in [0, 0.05) is 6.42 Å². The number of anilines is 2. The monoisotopic (exact) mass is 408 g/mol. The number of para-hydroxylation sites is 2. The molecule has 2 N–H and O–H groups in total. The number of esters is 1. The largest absolute Gasteiger partial charge is 0.466 e. The van der Waals surface area contributed by atoms with Crippen LogP contribution in [0.1, 0.15) is 35.7 Å². The molecular weight excluding hydrogens is 389 g/mol. The number of hydrogen-bond acceptors (Lipinski definition) is 4. The number of hydrogen-bond donors (Lipinski definition) is 2. The Morgan fingerprint density at radius 1 is 0.897 bits per heavy atom. The Morgan fingerprint density at radius 3 is 2.10 bits per heavy atom. The van der Waals surface area contributed by atoms with Crippen molar-refractivity contribution in [2.45, 2.75) is 25.9 Å². The molecule has 0 aliphatic rings. The first kappa shape index (κ1) is 21.9. The van der Waals surface area contributed by atoms with Crippen LogP contribution in [0, 0.1) is 0 Å². The molecule has 0 fully saturated rings. The second-order valence-electron chi connectivity index (χ2n) is 5.90. The van der Waals surface area contributed by atoms with Gasteiger partial charge in [0.1, 0.15) is 0 Å². The molecule has 0 spiro atoms. The highest BCUT2D eigenvalue weighted by molar-refractivity contribution is 6.08. The van der Waals surface area contributed by atoms with Crippen molar-refractivity contribution in [2.24, 2.45) is 0 Å². The zero-order valence-corrected chi connectivity index (χ0v) is 15.5. The molecule has 0 atom stereocenters. The minimum atomic E-state index is -4.69. The van der Waals surface area contributed by atoms with E-state index >= 15 is 0 Å². The number of benzene rings is 2. The van der Waals surface area contributed by atoms with Crippen LogP contribution in [0.2, 0.25) is 0 Å². The second kappa shape index (κ2) is 9.72. The zero-order chi connectivity index (χ0) is 21.4. The average Bonchev–Trinajstić information content (AvgIpc) is 2.67. The van der Waals surface area contributed by atoms with E-state index in [9.17, 15) is 27.6 Å². The van der Waals surface area contributed by atoms with E-state index in [0.29, 0.717) is 0 Å². The van der Waals surface area contributed by atoms with Gasteiger partial charge in [-0.05, 0) is 31.2 Å². The van der Waals surface area contributed by atoms with Crippen molar-refractivity contribution in [1.82, 2.24) is 0 Å². The van der Waals surface area contributed by atoms with Crippen LogP contribution in [0.5, 0.6) is 0 Å². The number of carbonyl (C=O) groups excluding carboxylic acids is 3. The van der Waals surface area contributed by atoms with E-state index < -0.39 is 35.1 Å². The minimum absolute atomic E-state index is 0.118. The van der Waals surface area contributed by atoms with Crippen LogP contribution < -0.4 is 10.6 Å². The highest BCUT2D eigenvalue weighted by atomic mass is 19.4. The van der Waals surface area contributed by atoms with E-state index in [1.807, 2.05) is 0 Å². The van der Waals surface area contributed by atoms with Gasteiger partial charge in [0.15, 0.2) is 0 Å². The van der Waals surface area contributed by atoms with E-state index in [-0.39, 0.29) is 30.8 Å². The number of ether oxygens (including phenoxy) is 1. The van der Waals surface area contributed by atoms with Gasteiger partial charge >= 0.3 is 12.1 Å². The number of carbonyl (C=O) groups is 3. The fourth-order valence-electron chi connectivity index (χ4n) is 2.48. The summed E-state index contributed by atoms with van der Waals surface area (Å²) in [6.07, 6.45) is -4.94. The number of nitrogens with one attached hydrogen (secondary N) is 2. The van der Waals surface area contributed by atoms with Crippen LogP contribution in [0.4, 0.5) is 24.5 Å². The van der Waals surface area contributed by atoms with Crippen molar-refractivity contribution in [2.75, 3.05) is 17.2 Å². The van der Waals surface area contributed by atoms with Crippen molar-refractivity contribution in [1.29, 1.82) is 0 Å². The first-order valence-electron chi connectivity index (χ1n) is 8.74. The van der Waals surface area contributed by atoms with E-state index in [1.165, 1.54) is 24.3 Å². The Morgan fingerprint density at radius 2 is 1.48 bits per heavy atom. The maximum atomic E-state index is 13.1. The predicted octanol–water partition coefficient (Wildman–Crippen LogP) is 4.24. The third-order valence-electron chi connectivity index (χ3n) is 3.79. The van der Waals surface area contributed by atoms with Crippen LogP contribution >= 0.6 is 0 Å². The van der Waals surface area contributed by atoms with Gasteiger partial charge in [-0.15, -0.1) is 0 Å². The Bertz CT molecular complexity index is 897. The molecule has 0 saturated carbocycles. The molecule has 0 bridgehead atoms. The lowest BCUT2D eigenvalue weighted by atomic mass is 10.1. The van der Waals surface area contributed by atoms with Gasteiger partial charge in [-0.25, -0.2) is 0 Å². The molecule has 0 aliphatic carbocycles. The molecule has 0 saturated heterocycles. The van der Waals surface area contributed by atoms with E-state index in [0.717, 1.165) is 12.1 Å². The van der Waals surface area contributed by atoms with Gasteiger partial charge in [-0.3, -0.25) is 14.4 Å². The Kier molecular flexibility index (Phi) is 7.35. The summed E-state index contributed by atoms with van der Waals surface area (Å²) < 4.78 is 44.1. The number of rotatable bonds is 7. The molecule has 0 radical (unpaired) electrons. The van der Waals surface area contributed by atoms with Crippen LogP contribution in [0.3, 0.4) is 0 Å². The molecule has 0 heterocycles. The zero-order valence-electron chi connectivity index (χ0n) is 15.5. The normalized spacial score (nSPS) is 10.9. The van der Waals surface area contributed by atoms with Gasteiger partial charge < -0.3 is 15.4 Å². The van der Waals surface area contributed by atoms with Crippen LogP contribution in [0.15, 0.2) is 48.5 Å². The minimum Gasteiger partial charge on any atom is -0.466 e. The second-order valence-corrected chi connectivity index (χ2v) is 5.90. The Balaban J connectivity index is 2.13. The number of amides is 2. The van der Waals surface area contributed by atoms with Gasteiger partial charge in [0.25, 0.3) is 5.91 Å². The molecule has 0 aromatic heterocycles. The molecular formula is C20H19F3N2O4. The third-order valence-corrected chi connectivity index (χ3v) is 3.79. The van der Waals surface area contributed by atoms with Crippen molar-refractivity contribution < 1.29 is 32.3 Å². The quantitative estimate of drug-likeness (QED) is 0.672. The fraction of sp³-hybridized carbons (Fsp3) is 0.250. The lowest BCUT2D eigenvalue weighted by Crippen LogP contribution is -2.20. The molecule has 2 rings (SSSR count).